The number of rotatable bonds is 6. The lowest BCUT2D eigenvalue weighted by Crippen LogP contribution is -2.13. The topological polar surface area (TPSA) is 106 Å². The van der Waals surface area contributed by atoms with E-state index in [0.717, 1.165) is 16.8 Å². The van der Waals surface area contributed by atoms with E-state index < -0.39 is 0 Å². The Morgan fingerprint density at radius 3 is 2.48 bits per heavy atom. The van der Waals surface area contributed by atoms with Gasteiger partial charge in [-0.05, 0) is 48.0 Å². The van der Waals surface area contributed by atoms with Crippen molar-refractivity contribution < 1.29 is 4.79 Å². The van der Waals surface area contributed by atoms with Crippen molar-refractivity contribution in [2.45, 2.75) is 6.54 Å². The maximum atomic E-state index is 12.4. The SMILES string of the molecule is Br.Nc1ccccc1NC(=O)c1ccc(CNc2nccc(-c3cccnc3)n2)cc1. The van der Waals surface area contributed by atoms with E-state index in [1.165, 1.54) is 0 Å². The van der Waals surface area contributed by atoms with E-state index >= 15 is 0 Å². The van der Waals surface area contributed by atoms with Crippen molar-refractivity contribution in [1.29, 1.82) is 0 Å². The largest absolute Gasteiger partial charge is 0.397 e. The molecule has 0 bridgehead atoms. The molecule has 0 aliphatic carbocycles. The molecule has 0 spiro atoms. The van der Waals surface area contributed by atoms with Gasteiger partial charge >= 0.3 is 0 Å². The van der Waals surface area contributed by atoms with E-state index in [-0.39, 0.29) is 22.9 Å². The highest BCUT2D eigenvalue weighted by Gasteiger charge is 2.08. The fourth-order valence-corrected chi connectivity index (χ4v) is 2.88. The number of nitrogens with zero attached hydrogens (tertiary/aromatic N) is 3. The van der Waals surface area contributed by atoms with Crippen LogP contribution in [0.5, 0.6) is 0 Å². The third kappa shape index (κ3) is 5.64. The molecule has 7 nitrogen and oxygen atoms in total. The lowest BCUT2D eigenvalue weighted by Gasteiger charge is -2.09. The Morgan fingerprint density at radius 1 is 0.935 bits per heavy atom. The van der Waals surface area contributed by atoms with Crippen molar-refractivity contribution in [2.24, 2.45) is 0 Å². The van der Waals surface area contributed by atoms with Crippen molar-refractivity contribution in [2.75, 3.05) is 16.4 Å². The Kier molecular flexibility index (Phi) is 7.29. The van der Waals surface area contributed by atoms with Crippen LogP contribution < -0.4 is 16.4 Å². The second-order valence-corrected chi connectivity index (χ2v) is 6.60. The number of carbonyl (C=O) groups is 1. The summed E-state index contributed by atoms with van der Waals surface area (Å²) < 4.78 is 0. The zero-order chi connectivity index (χ0) is 20.8. The molecule has 1 amide bonds. The minimum atomic E-state index is -0.208. The van der Waals surface area contributed by atoms with Gasteiger partial charge < -0.3 is 16.4 Å². The molecule has 8 heteroatoms. The number of halogens is 1. The summed E-state index contributed by atoms with van der Waals surface area (Å²) in [6, 6.07) is 20.2. The summed E-state index contributed by atoms with van der Waals surface area (Å²) in [6.07, 6.45) is 5.20. The van der Waals surface area contributed by atoms with E-state index in [9.17, 15) is 4.79 Å². The Labute approximate surface area is 190 Å². The number of hydrogen-bond acceptors (Lipinski definition) is 6. The first-order chi connectivity index (χ1) is 14.7. The summed E-state index contributed by atoms with van der Waals surface area (Å²) in [5, 5.41) is 6.03. The summed E-state index contributed by atoms with van der Waals surface area (Å²) in [5.74, 6) is 0.317. The van der Waals surface area contributed by atoms with Gasteiger partial charge in [0, 0.05) is 36.3 Å². The van der Waals surface area contributed by atoms with Gasteiger partial charge in [-0.15, -0.1) is 17.0 Å². The monoisotopic (exact) mass is 476 g/mol. The highest BCUT2D eigenvalue weighted by molar-refractivity contribution is 8.93. The van der Waals surface area contributed by atoms with E-state index in [1.54, 1.807) is 42.9 Å². The highest BCUT2D eigenvalue weighted by Crippen LogP contribution is 2.19. The molecular weight excluding hydrogens is 456 g/mol. The average molecular weight is 477 g/mol. The lowest BCUT2D eigenvalue weighted by atomic mass is 10.1. The van der Waals surface area contributed by atoms with Gasteiger partial charge in [0.25, 0.3) is 5.91 Å². The van der Waals surface area contributed by atoms with Gasteiger partial charge in [0.1, 0.15) is 0 Å². The van der Waals surface area contributed by atoms with Crippen molar-refractivity contribution >= 4 is 40.2 Å². The number of amides is 1. The van der Waals surface area contributed by atoms with Crippen LogP contribution in [0.1, 0.15) is 15.9 Å². The van der Waals surface area contributed by atoms with Crippen molar-refractivity contribution in [3.63, 3.8) is 0 Å². The minimum Gasteiger partial charge on any atom is -0.397 e. The second-order valence-electron chi connectivity index (χ2n) is 6.60. The zero-order valence-corrected chi connectivity index (χ0v) is 18.2. The van der Waals surface area contributed by atoms with Gasteiger partial charge in [0.15, 0.2) is 0 Å². The van der Waals surface area contributed by atoms with Crippen molar-refractivity contribution in [3.8, 4) is 11.3 Å². The Morgan fingerprint density at radius 2 is 1.74 bits per heavy atom. The van der Waals surface area contributed by atoms with Crippen LogP contribution in [0.15, 0.2) is 85.3 Å². The van der Waals surface area contributed by atoms with Crippen LogP contribution in [0.4, 0.5) is 17.3 Å². The summed E-state index contributed by atoms with van der Waals surface area (Å²) in [7, 11) is 0. The normalized spacial score (nSPS) is 10.1. The first-order valence-corrected chi connectivity index (χ1v) is 9.41. The van der Waals surface area contributed by atoms with Crippen molar-refractivity contribution in [3.05, 3.63) is 96.4 Å². The molecule has 0 saturated carbocycles. The number of nitrogens with two attached hydrogens (primary N) is 1. The second kappa shape index (κ2) is 10.3. The number of nitrogens with one attached hydrogen (secondary N) is 2. The van der Waals surface area contributed by atoms with Crippen molar-refractivity contribution in [1.82, 2.24) is 15.0 Å². The fourth-order valence-electron chi connectivity index (χ4n) is 2.88. The Balaban J connectivity index is 0.00000272. The molecular formula is C23H21BrN6O. The van der Waals surface area contributed by atoms with Gasteiger partial charge in [-0.25, -0.2) is 9.97 Å². The van der Waals surface area contributed by atoms with Gasteiger partial charge in [-0.3, -0.25) is 9.78 Å². The maximum absolute atomic E-state index is 12.4. The molecule has 31 heavy (non-hydrogen) atoms. The van der Waals surface area contributed by atoms with Crippen LogP contribution >= 0.6 is 17.0 Å². The summed E-state index contributed by atoms with van der Waals surface area (Å²) in [4.78, 5) is 25.3. The number of hydrogen-bond donors (Lipinski definition) is 3. The number of carbonyl (C=O) groups excluding carboxylic acids is 1. The molecule has 0 atom stereocenters. The van der Waals surface area contributed by atoms with E-state index in [4.69, 9.17) is 5.73 Å². The molecule has 4 aromatic rings. The minimum absolute atomic E-state index is 0. The maximum Gasteiger partial charge on any atom is 0.255 e. The predicted molar refractivity (Wildman–Crippen MR) is 128 cm³/mol. The van der Waals surface area contributed by atoms with Crippen LogP contribution in [0.2, 0.25) is 0 Å². The standard InChI is InChI=1S/C23H20N6O.BrH/c24-19-5-1-2-6-21(19)28-22(30)17-9-7-16(8-10-17)14-27-23-26-13-11-20(29-23)18-4-3-12-25-15-18;/h1-13,15H,14,24H2,(H,28,30)(H,26,27,29);1H. The highest BCUT2D eigenvalue weighted by atomic mass is 79.9. The lowest BCUT2D eigenvalue weighted by molar-refractivity contribution is 0.102. The summed E-state index contributed by atoms with van der Waals surface area (Å²) in [5.41, 5.74) is 10.3. The third-order valence-electron chi connectivity index (χ3n) is 4.49. The van der Waals surface area contributed by atoms with Gasteiger partial charge in [0.2, 0.25) is 5.95 Å². The Bertz CT molecular complexity index is 1150. The smallest absolute Gasteiger partial charge is 0.255 e. The Hall–Kier alpha value is -3.78. The molecule has 2 aromatic carbocycles. The molecule has 156 valence electrons. The fraction of sp³-hybridized carbons (Fsp3) is 0.0435. The number of benzene rings is 2. The van der Waals surface area contributed by atoms with Crippen LogP contribution in [0.3, 0.4) is 0 Å². The van der Waals surface area contributed by atoms with Crippen LogP contribution in [-0.4, -0.2) is 20.9 Å². The van der Waals surface area contributed by atoms with Crippen LogP contribution in [0.25, 0.3) is 11.3 Å². The van der Waals surface area contributed by atoms with Crippen LogP contribution in [-0.2, 0) is 6.54 Å². The van der Waals surface area contributed by atoms with Gasteiger partial charge in [0.05, 0.1) is 17.1 Å². The molecule has 2 heterocycles. The molecule has 2 aromatic heterocycles. The van der Waals surface area contributed by atoms with E-state index in [1.807, 2.05) is 42.5 Å². The average Bonchev–Trinajstić information content (AvgIpc) is 2.80. The molecule has 0 aliphatic heterocycles. The number of pyridine rings is 1. The first-order valence-electron chi connectivity index (χ1n) is 9.41. The summed E-state index contributed by atoms with van der Waals surface area (Å²) >= 11 is 0. The zero-order valence-electron chi connectivity index (χ0n) is 16.5. The molecule has 4 N–H and O–H groups in total. The predicted octanol–water partition coefficient (Wildman–Crippen LogP) is 4.56. The van der Waals surface area contributed by atoms with E-state index in [0.29, 0.717) is 29.4 Å². The molecule has 0 unspecified atom stereocenters. The van der Waals surface area contributed by atoms with Crippen LogP contribution in [0, 0.1) is 0 Å². The third-order valence-corrected chi connectivity index (χ3v) is 4.49. The first kappa shape index (κ1) is 21.9. The molecule has 0 aliphatic rings. The van der Waals surface area contributed by atoms with E-state index in [2.05, 4.69) is 25.6 Å². The molecule has 0 fully saturated rings. The number of nitrogen functional groups attached to an aromatic ring is 1. The number of para-hydroxylation sites is 2. The van der Waals surface area contributed by atoms with Gasteiger partial charge in [-0.2, -0.15) is 0 Å². The molecule has 0 saturated heterocycles. The summed E-state index contributed by atoms with van der Waals surface area (Å²) in [6.45, 7) is 0.532. The molecule has 0 radical (unpaired) electrons. The number of anilines is 3. The quantitative estimate of drug-likeness (QED) is 0.352. The molecule has 4 rings (SSSR count). The van der Waals surface area contributed by atoms with Gasteiger partial charge in [-0.1, -0.05) is 24.3 Å². The number of aromatic nitrogens is 3.